The van der Waals surface area contributed by atoms with Gasteiger partial charge in [-0.1, -0.05) is 30.3 Å². The first-order valence-electron chi connectivity index (χ1n) is 7.02. The summed E-state index contributed by atoms with van der Waals surface area (Å²) in [5, 5.41) is 11.5. The van der Waals surface area contributed by atoms with Crippen molar-refractivity contribution < 1.29 is 19.4 Å². The molecule has 0 aliphatic carbocycles. The zero-order valence-corrected chi connectivity index (χ0v) is 12.6. The van der Waals surface area contributed by atoms with Gasteiger partial charge in [-0.3, -0.25) is 0 Å². The van der Waals surface area contributed by atoms with Gasteiger partial charge < -0.3 is 15.2 Å². The maximum absolute atomic E-state index is 11.7. The minimum Gasteiger partial charge on any atom is -0.480 e. The fourth-order valence-electron chi connectivity index (χ4n) is 1.81. The van der Waals surface area contributed by atoms with E-state index in [0.717, 1.165) is 11.1 Å². The molecular weight excluding hydrogens is 298 g/mol. The number of carbonyl (C=O) groups is 2. The van der Waals surface area contributed by atoms with Crippen molar-refractivity contribution in [2.45, 2.75) is 26.0 Å². The lowest BCUT2D eigenvalue weighted by Crippen LogP contribution is -2.42. The number of amides is 1. The molecule has 1 heterocycles. The highest BCUT2D eigenvalue weighted by Gasteiger charge is 2.22. The lowest BCUT2D eigenvalue weighted by molar-refractivity contribution is -0.139. The molecule has 0 aliphatic rings. The second-order valence-corrected chi connectivity index (χ2v) is 4.98. The summed E-state index contributed by atoms with van der Waals surface area (Å²) < 4.78 is 5.01. The predicted octanol–water partition coefficient (Wildman–Crippen LogP) is 1.71. The van der Waals surface area contributed by atoms with Crippen molar-refractivity contribution in [1.82, 2.24) is 15.3 Å². The highest BCUT2D eigenvalue weighted by molar-refractivity contribution is 5.80. The molecule has 1 aromatic carbocycles. The number of carboxylic acid groups (broad SMARTS) is 1. The number of aryl methyl sites for hydroxylation is 1. The van der Waals surface area contributed by atoms with E-state index in [-0.39, 0.29) is 13.0 Å². The van der Waals surface area contributed by atoms with E-state index < -0.39 is 18.1 Å². The van der Waals surface area contributed by atoms with Crippen LogP contribution in [0.3, 0.4) is 0 Å². The lowest BCUT2D eigenvalue weighted by Gasteiger charge is -2.14. The number of nitrogens with one attached hydrogen (secondary N) is 1. The molecule has 2 aromatic rings. The standard InChI is InChI=1S/C16H17N3O4/c1-11-8-17-14(18-9-11)7-13(15(20)21)19-16(22)23-10-12-5-3-2-4-6-12/h2-6,8-9,13H,7,10H2,1H3,(H,19,22)(H,20,21). The topological polar surface area (TPSA) is 101 Å². The number of benzene rings is 1. The summed E-state index contributed by atoms with van der Waals surface area (Å²) in [5.74, 6) is -0.836. The number of carboxylic acids is 1. The van der Waals surface area contributed by atoms with Gasteiger partial charge >= 0.3 is 12.1 Å². The van der Waals surface area contributed by atoms with E-state index in [0.29, 0.717) is 5.82 Å². The number of rotatable bonds is 6. The second kappa shape index (κ2) is 7.88. The van der Waals surface area contributed by atoms with Gasteiger partial charge in [-0.2, -0.15) is 0 Å². The SMILES string of the molecule is Cc1cnc(CC(NC(=O)OCc2ccccc2)C(=O)O)nc1. The van der Waals surface area contributed by atoms with Crippen LogP contribution in [0.15, 0.2) is 42.7 Å². The molecule has 0 fully saturated rings. The maximum Gasteiger partial charge on any atom is 0.408 e. The Kier molecular flexibility index (Phi) is 5.62. The van der Waals surface area contributed by atoms with Crippen LogP contribution in [-0.2, 0) is 22.6 Å². The van der Waals surface area contributed by atoms with Gasteiger partial charge in [0.25, 0.3) is 0 Å². The highest BCUT2D eigenvalue weighted by Crippen LogP contribution is 2.02. The monoisotopic (exact) mass is 315 g/mol. The molecule has 0 aliphatic heterocycles. The summed E-state index contributed by atoms with van der Waals surface area (Å²) in [6.45, 7) is 1.90. The minimum atomic E-state index is -1.18. The van der Waals surface area contributed by atoms with Crippen molar-refractivity contribution >= 4 is 12.1 Å². The highest BCUT2D eigenvalue weighted by atomic mass is 16.5. The Labute approximate surface area is 133 Å². The lowest BCUT2D eigenvalue weighted by atomic mass is 10.2. The van der Waals surface area contributed by atoms with Gasteiger partial charge in [0.05, 0.1) is 0 Å². The summed E-state index contributed by atoms with van der Waals surface area (Å²) in [7, 11) is 0. The third-order valence-electron chi connectivity index (χ3n) is 3.02. The van der Waals surface area contributed by atoms with Crippen LogP contribution < -0.4 is 5.32 Å². The Bertz CT molecular complexity index is 659. The molecule has 0 radical (unpaired) electrons. The van der Waals surface area contributed by atoms with Gasteiger partial charge in [-0.15, -0.1) is 0 Å². The molecule has 2 rings (SSSR count). The van der Waals surface area contributed by atoms with Crippen LogP contribution in [0.25, 0.3) is 0 Å². The molecule has 0 spiro atoms. The smallest absolute Gasteiger partial charge is 0.408 e. The first kappa shape index (κ1) is 16.4. The number of carbonyl (C=O) groups excluding carboxylic acids is 1. The van der Waals surface area contributed by atoms with E-state index in [1.807, 2.05) is 37.3 Å². The van der Waals surface area contributed by atoms with Gasteiger partial charge in [-0.25, -0.2) is 19.6 Å². The number of hydrogen-bond acceptors (Lipinski definition) is 5. The Balaban J connectivity index is 1.89. The molecule has 23 heavy (non-hydrogen) atoms. The zero-order valence-electron chi connectivity index (χ0n) is 12.6. The largest absolute Gasteiger partial charge is 0.480 e. The fraction of sp³-hybridized carbons (Fsp3) is 0.250. The molecule has 7 heteroatoms. The Morgan fingerprint density at radius 3 is 2.48 bits per heavy atom. The van der Waals surface area contributed by atoms with E-state index in [1.54, 1.807) is 12.4 Å². The van der Waals surface area contributed by atoms with Crippen LogP contribution >= 0.6 is 0 Å². The average Bonchev–Trinajstić information content (AvgIpc) is 2.55. The number of aromatic nitrogens is 2. The molecule has 1 unspecified atom stereocenters. The number of hydrogen-bond donors (Lipinski definition) is 2. The number of ether oxygens (including phenoxy) is 1. The number of nitrogens with zero attached hydrogens (tertiary/aromatic N) is 2. The second-order valence-electron chi connectivity index (χ2n) is 4.98. The molecule has 2 N–H and O–H groups in total. The van der Waals surface area contributed by atoms with Crippen molar-refractivity contribution in [2.75, 3.05) is 0 Å². The normalized spacial score (nSPS) is 11.5. The molecule has 0 bridgehead atoms. The Morgan fingerprint density at radius 2 is 1.87 bits per heavy atom. The van der Waals surface area contributed by atoms with E-state index >= 15 is 0 Å². The first-order valence-corrected chi connectivity index (χ1v) is 7.02. The van der Waals surface area contributed by atoms with Crippen LogP contribution in [0.5, 0.6) is 0 Å². The van der Waals surface area contributed by atoms with Gasteiger partial charge in [0, 0.05) is 18.8 Å². The van der Waals surface area contributed by atoms with Gasteiger partial charge in [0.15, 0.2) is 0 Å². The van der Waals surface area contributed by atoms with E-state index in [4.69, 9.17) is 4.74 Å². The van der Waals surface area contributed by atoms with Crippen molar-refractivity contribution in [3.05, 3.63) is 59.7 Å². The van der Waals surface area contributed by atoms with Gasteiger partial charge in [-0.05, 0) is 18.1 Å². The Morgan fingerprint density at radius 1 is 1.22 bits per heavy atom. The predicted molar refractivity (Wildman–Crippen MR) is 81.7 cm³/mol. The van der Waals surface area contributed by atoms with E-state index in [1.165, 1.54) is 0 Å². The molecule has 7 nitrogen and oxygen atoms in total. The van der Waals surface area contributed by atoms with Crippen molar-refractivity contribution in [2.24, 2.45) is 0 Å². The van der Waals surface area contributed by atoms with Crippen LogP contribution in [0.2, 0.25) is 0 Å². The molecular formula is C16H17N3O4. The van der Waals surface area contributed by atoms with E-state index in [2.05, 4.69) is 15.3 Å². The Hall–Kier alpha value is -2.96. The first-order chi connectivity index (χ1) is 11.0. The third kappa shape index (κ3) is 5.39. The maximum atomic E-state index is 11.7. The molecule has 0 saturated heterocycles. The summed E-state index contributed by atoms with van der Waals surface area (Å²) in [5.41, 5.74) is 1.69. The van der Waals surface area contributed by atoms with Crippen molar-refractivity contribution in [3.8, 4) is 0 Å². The average molecular weight is 315 g/mol. The van der Waals surface area contributed by atoms with Gasteiger partial charge in [0.2, 0.25) is 0 Å². The van der Waals surface area contributed by atoms with Crippen molar-refractivity contribution in [1.29, 1.82) is 0 Å². The molecule has 1 amide bonds. The summed E-state index contributed by atoms with van der Waals surface area (Å²) in [6, 6.07) is 7.97. The summed E-state index contributed by atoms with van der Waals surface area (Å²) >= 11 is 0. The molecule has 120 valence electrons. The van der Waals surface area contributed by atoms with Crippen LogP contribution in [-0.4, -0.2) is 33.2 Å². The van der Waals surface area contributed by atoms with Crippen LogP contribution in [0.1, 0.15) is 17.0 Å². The van der Waals surface area contributed by atoms with E-state index in [9.17, 15) is 14.7 Å². The van der Waals surface area contributed by atoms with Crippen LogP contribution in [0.4, 0.5) is 4.79 Å². The van der Waals surface area contributed by atoms with Gasteiger partial charge in [0.1, 0.15) is 18.5 Å². The number of alkyl carbamates (subject to hydrolysis) is 1. The molecule has 1 aromatic heterocycles. The third-order valence-corrected chi connectivity index (χ3v) is 3.02. The quantitative estimate of drug-likeness (QED) is 0.841. The minimum absolute atomic E-state index is 0.0178. The summed E-state index contributed by atoms with van der Waals surface area (Å²) in [4.78, 5) is 31.1. The molecule has 0 saturated carbocycles. The van der Waals surface area contributed by atoms with Crippen molar-refractivity contribution in [3.63, 3.8) is 0 Å². The molecule has 1 atom stereocenters. The van der Waals surface area contributed by atoms with Crippen LogP contribution in [0, 0.1) is 6.92 Å². The summed E-state index contributed by atoms with van der Waals surface area (Å²) in [6.07, 6.45) is 2.37. The number of aliphatic carboxylic acids is 1. The fourth-order valence-corrected chi connectivity index (χ4v) is 1.81. The zero-order chi connectivity index (χ0) is 16.7.